The molecule has 0 amide bonds. The fraction of sp³-hybridized carbons (Fsp3) is 0.400. The molecule has 3 rings (SSSR count). The van der Waals surface area contributed by atoms with E-state index in [0.717, 1.165) is 30.4 Å². The zero-order chi connectivity index (χ0) is 18.7. The molecule has 0 heterocycles. The molecule has 1 N–H and O–H groups in total. The number of benzene rings is 2. The first kappa shape index (κ1) is 18.7. The van der Waals surface area contributed by atoms with Gasteiger partial charge in [0.2, 0.25) is 10.0 Å². The summed E-state index contributed by atoms with van der Waals surface area (Å²) in [5.74, 6) is 1.27. The molecule has 2 aromatic rings. The lowest BCUT2D eigenvalue weighted by atomic mass is 9.92. The van der Waals surface area contributed by atoms with Gasteiger partial charge in [0.25, 0.3) is 0 Å². The lowest BCUT2D eigenvalue weighted by Gasteiger charge is -2.20. The van der Waals surface area contributed by atoms with E-state index in [1.807, 2.05) is 12.1 Å². The van der Waals surface area contributed by atoms with Crippen LogP contribution in [0.5, 0.6) is 11.5 Å². The molecule has 1 aliphatic rings. The third-order valence-electron chi connectivity index (χ3n) is 4.87. The maximum Gasteiger partial charge on any atom is 0.241 e. The van der Waals surface area contributed by atoms with Crippen molar-refractivity contribution in [2.45, 2.75) is 43.5 Å². The molecule has 6 heteroatoms. The molecule has 0 spiro atoms. The molecule has 0 aliphatic heterocycles. The summed E-state index contributed by atoms with van der Waals surface area (Å²) in [6.45, 7) is 1.80. The molecule has 0 aromatic heterocycles. The lowest BCUT2D eigenvalue weighted by Crippen LogP contribution is -2.27. The lowest BCUT2D eigenvalue weighted by molar-refractivity contribution is 0.395. The summed E-state index contributed by atoms with van der Waals surface area (Å²) in [7, 11) is -0.490. The number of rotatable bonds is 6. The highest BCUT2D eigenvalue weighted by Crippen LogP contribution is 2.31. The molecule has 26 heavy (non-hydrogen) atoms. The monoisotopic (exact) mass is 375 g/mol. The Kier molecular flexibility index (Phi) is 5.53. The molecule has 0 fully saturated rings. The number of hydrogen-bond acceptors (Lipinski definition) is 4. The summed E-state index contributed by atoms with van der Waals surface area (Å²) < 4.78 is 39.1. The molecule has 0 bridgehead atoms. The highest BCUT2D eigenvalue weighted by molar-refractivity contribution is 7.89. The standard InChI is InChI=1S/C20H25NO4S/c1-14(19-13-17(24-2)9-11-20(19)25-3)21-26(22,23)18-10-8-15-6-4-5-7-16(15)12-18/h8-14,21H,4-7H2,1-3H3. The number of fused-ring (bicyclic) bond motifs is 1. The van der Waals surface area contributed by atoms with Crippen LogP contribution in [-0.2, 0) is 22.9 Å². The molecular weight excluding hydrogens is 350 g/mol. The van der Waals surface area contributed by atoms with Gasteiger partial charge in [-0.2, -0.15) is 0 Å². The van der Waals surface area contributed by atoms with Gasteiger partial charge in [0.1, 0.15) is 11.5 Å². The average molecular weight is 375 g/mol. The molecule has 0 radical (unpaired) electrons. The maximum absolute atomic E-state index is 12.9. The van der Waals surface area contributed by atoms with Gasteiger partial charge in [0, 0.05) is 11.6 Å². The Morgan fingerprint density at radius 3 is 2.38 bits per heavy atom. The van der Waals surface area contributed by atoms with Crippen molar-refractivity contribution in [2.75, 3.05) is 14.2 Å². The topological polar surface area (TPSA) is 64.6 Å². The zero-order valence-electron chi connectivity index (χ0n) is 15.4. The highest BCUT2D eigenvalue weighted by Gasteiger charge is 2.22. The SMILES string of the molecule is COc1ccc(OC)c(C(C)NS(=O)(=O)c2ccc3c(c2)CCCC3)c1. The Labute approximate surface area is 155 Å². The summed E-state index contributed by atoms with van der Waals surface area (Å²) >= 11 is 0. The van der Waals surface area contributed by atoms with Crippen LogP contribution in [0.15, 0.2) is 41.3 Å². The predicted octanol–water partition coefficient (Wildman–Crippen LogP) is 3.62. The van der Waals surface area contributed by atoms with Crippen LogP contribution in [0, 0.1) is 0 Å². The fourth-order valence-corrected chi connectivity index (χ4v) is 4.69. The Hall–Kier alpha value is -2.05. The fourth-order valence-electron chi connectivity index (χ4n) is 3.42. The minimum Gasteiger partial charge on any atom is -0.497 e. The average Bonchev–Trinajstić information content (AvgIpc) is 2.66. The van der Waals surface area contributed by atoms with Gasteiger partial charge in [-0.15, -0.1) is 0 Å². The molecule has 1 aliphatic carbocycles. The molecule has 140 valence electrons. The predicted molar refractivity (Wildman–Crippen MR) is 101 cm³/mol. The van der Waals surface area contributed by atoms with Crippen molar-refractivity contribution in [3.8, 4) is 11.5 Å². The Balaban J connectivity index is 1.87. The first-order valence-electron chi connectivity index (χ1n) is 8.80. The van der Waals surface area contributed by atoms with Crippen LogP contribution in [0.1, 0.15) is 42.5 Å². The van der Waals surface area contributed by atoms with E-state index in [2.05, 4.69) is 4.72 Å². The minimum atomic E-state index is -3.63. The third-order valence-corrected chi connectivity index (χ3v) is 6.40. The second-order valence-corrected chi connectivity index (χ2v) is 8.30. The number of sulfonamides is 1. The van der Waals surface area contributed by atoms with Crippen LogP contribution in [0.2, 0.25) is 0 Å². The van der Waals surface area contributed by atoms with Crippen LogP contribution in [-0.4, -0.2) is 22.6 Å². The molecule has 0 saturated heterocycles. The van der Waals surface area contributed by atoms with Crippen LogP contribution in [0.3, 0.4) is 0 Å². The normalized spacial score (nSPS) is 15.2. The quantitative estimate of drug-likeness (QED) is 0.837. The Morgan fingerprint density at radius 1 is 0.962 bits per heavy atom. The van der Waals surface area contributed by atoms with Crippen LogP contribution in [0.25, 0.3) is 0 Å². The summed E-state index contributed by atoms with van der Waals surface area (Å²) in [6, 6.07) is 10.3. The van der Waals surface area contributed by atoms with Gasteiger partial charge in [-0.25, -0.2) is 13.1 Å². The number of ether oxygens (including phenoxy) is 2. The first-order chi connectivity index (χ1) is 12.4. The molecule has 0 saturated carbocycles. The van der Waals surface area contributed by atoms with Crippen molar-refractivity contribution in [2.24, 2.45) is 0 Å². The van der Waals surface area contributed by atoms with Crippen molar-refractivity contribution in [3.05, 3.63) is 53.1 Å². The third kappa shape index (κ3) is 3.86. The smallest absolute Gasteiger partial charge is 0.241 e. The number of hydrogen-bond donors (Lipinski definition) is 1. The van der Waals surface area contributed by atoms with Gasteiger partial charge >= 0.3 is 0 Å². The van der Waals surface area contributed by atoms with Gasteiger partial charge in [0.05, 0.1) is 19.1 Å². The largest absolute Gasteiger partial charge is 0.497 e. The molecule has 1 unspecified atom stereocenters. The maximum atomic E-state index is 12.9. The highest BCUT2D eigenvalue weighted by atomic mass is 32.2. The summed E-state index contributed by atoms with van der Waals surface area (Å²) in [5, 5.41) is 0. The molecule has 1 atom stereocenters. The molecule has 2 aromatic carbocycles. The van der Waals surface area contributed by atoms with Gasteiger partial charge in [-0.1, -0.05) is 6.07 Å². The van der Waals surface area contributed by atoms with E-state index < -0.39 is 16.1 Å². The van der Waals surface area contributed by atoms with Crippen molar-refractivity contribution in [1.29, 1.82) is 0 Å². The van der Waals surface area contributed by atoms with Crippen molar-refractivity contribution in [1.82, 2.24) is 4.72 Å². The number of aryl methyl sites for hydroxylation is 2. The van der Waals surface area contributed by atoms with E-state index in [-0.39, 0.29) is 0 Å². The van der Waals surface area contributed by atoms with Crippen molar-refractivity contribution < 1.29 is 17.9 Å². The van der Waals surface area contributed by atoms with Crippen LogP contribution < -0.4 is 14.2 Å². The van der Waals surface area contributed by atoms with Gasteiger partial charge < -0.3 is 9.47 Å². The first-order valence-corrected chi connectivity index (χ1v) is 10.3. The zero-order valence-corrected chi connectivity index (χ0v) is 16.2. The second-order valence-electron chi connectivity index (χ2n) is 6.59. The summed E-state index contributed by atoms with van der Waals surface area (Å²) in [6.07, 6.45) is 4.25. The van der Waals surface area contributed by atoms with E-state index in [4.69, 9.17) is 9.47 Å². The van der Waals surface area contributed by atoms with Crippen molar-refractivity contribution in [3.63, 3.8) is 0 Å². The van der Waals surface area contributed by atoms with Gasteiger partial charge in [-0.05, 0) is 74.1 Å². The number of nitrogens with one attached hydrogen (secondary N) is 1. The van der Waals surface area contributed by atoms with Gasteiger partial charge in [0.15, 0.2) is 0 Å². The van der Waals surface area contributed by atoms with E-state index in [1.54, 1.807) is 45.4 Å². The molecular formula is C20H25NO4S. The van der Waals surface area contributed by atoms with Crippen LogP contribution in [0.4, 0.5) is 0 Å². The van der Waals surface area contributed by atoms with Crippen molar-refractivity contribution >= 4 is 10.0 Å². The van der Waals surface area contributed by atoms with E-state index in [1.165, 1.54) is 12.0 Å². The van der Waals surface area contributed by atoms with Crippen LogP contribution >= 0.6 is 0 Å². The second kappa shape index (κ2) is 7.68. The number of methoxy groups -OCH3 is 2. The Bertz CT molecular complexity index is 893. The summed E-state index contributed by atoms with van der Waals surface area (Å²) in [5.41, 5.74) is 3.14. The van der Waals surface area contributed by atoms with Gasteiger partial charge in [-0.3, -0.25) is 0 Å². The summed E-state index contributed by atoms with van der Waals surface area (Å²) in [4.78, 5) is 0.312. The van der Waals surface area contributed by atoms with E-state index >= 15 is 0 Å². The van der Waals surface area contributed by atoms with E-state index in [0.29, 0.717) is 16.4 Å². The minimum absolute atomic E-state index is 0.312. The molecule has 5 nitrogen and oxygen atoms in total. The van der Waals surface area contributed by atoms with E-state index in [9.17, 15) is 8.42 Å². The Morgan fingerprint density at radius 2 is 1.69 bits per heavy atom.